The van der Waals surface area contributed by atoms with Crippen LogP contribution in [-0.2, 0) is 6.54 Å². The molecule has 0 aliphatic carbocycles. The first-order valence-corrected chi connectivity index (χ1v) is 6.44. The van der Waals surface area contributed by atoms with E-state index in [1.54, 1.807) is 10.8 Å². The molecule has 2 aromatic rings. The second-order valence-electron chi connectivity index (χ2n) is 5.02. The fourth-order valence-corrected chi connectivity index (χ4v) is 2.62. The van der Waals surface area contributed by atoms with Gasteiger partial charge in [0, 0.05) is 61.9 Å². The van der Waals surface area contributed by atoms with Crippen molar-refractivity contribution in [2.45, 2.75) is 13.0 Å². The van der Waals surface area contributed by atoms with Gasteiger partial charge in [0.25, 0.3) is 0 Å². The van der Waals surface area contributed by atoms with E-state index in [2.05, 4.69) is 0 Å². The summed E-state index contributed by atoms with van der Waals surface area (Å²) in [6.45, 7) is 2.35. The van der Waals surface area contributed by atoms with Gasteiger partial charge in [-0.1, -0.05) is 0 Å². The van der Waals surface area contributed by atoms with Crippen molar-refractivity contribution >= 4 is 10.9 Å². The van der Waals surface area contributed by atoms with Crippen LogP contribution < -0.4 is 0 Å². The summed E-state index contributed by atoms with van der Waals surface area (Å²) in [5.74, 6) is -2.96. The molecule has 1 N–H and O–H groups in total. The maximum atomic E-state index is 13.8. The van der Waals surface area contributed by atoms with Gasteiger partial charge in [-0.15, -0.1) is 13.0 Å². The van der Waals surface area contributed by atoms with Gasteiger partial charge in [-0.25, -0.2) is 13.2 Å². The van der Waals surface area contributed by atoms with Crippen molar-refractivity contribution in [1.29, 1.82) is 0 Å². The summed E-state index contributed by atoms with van der Waals surface area (Å²) in [6.07, 6.45) is 2.65. The van der Waals surface area contributed by atoms with Crippen molar-refractivity contribution in [3.63, 3.8) is 0 Å². The normalized spacial score (nSPS) is 16.6. The zero-order valence-corrected chi connectivity index (χ0v) is 15.4. The molecule has 0 atom stereocenters. The monoisotopic (exact) mass is 521 g/mol. The van der Waals surface area contributed by atoms with E-state index in [1.165, 1.54) is 6.07 Å². The number of aromatic nitrogens is 1. The molecule has 0 unspecified atom stereocenters. The molecule has 1 fully saturated rings. The van der Waals surface area contributed by atoms with Crippen molar-refractivity contribution in [3.05, 3.63) is 41.9 Å². The molecule has 0 radical (unpaired) electrons. The SMILES string of the molecule is O[C-]1CCN(CCn2ccc3c(F)c(F)cc(F)c32)C1.[U]. The molecule has 0 spiro atoms. The minimum atomic E-state index is -1.17. The summed E-state index contributed by atoms with van der Waals surface area (Å²) in [7, 11) is 0. The number of fused-ring (bicyclic) bond motifs is 1. The molecule has 1 aliphatic heterocycles. The molecule has 7 heteroatoms. The average molecular weight is 521 g/mol. The number of halogens is 3. The first-order valence-electron chi connectivity index (χ1n) is 6.44. The summed E-state index contributed by atoms with van der Waals surface area (Å²) in [4.78, 5) is 2.03. The van der Waals surface area contributed by atoms with Crippen molar-refractivity contribution in [1.82, 2.24) is 9.47 Å². The van der Waals surface area contributed by atoms with E-state index in [0.717, 1.165) is 6.54 Å². The average Bonchev–Trinajstić information content (AvgIpc) is 3.00. The number of benzene rings is 1. The second-order valence-corrected chi connectivity index (χ2v) is 5.02. The fraction of sp³-hybridized carbons (Fsp3) is 0.357. The molecular weight excluding hydrogens is 507 g/mol. The van der Waals surface area contributed by atoms with Gasteiger partial charge < -0.3 is 14.6 Å². The quantitative estimate of drug-likeness (QED) is 0.498. The summed E-state index contributed by atoms with van der Waals surface area (Å²) in [5.41, 5.74) is 0.0799. The maximum absolute atomic E-state index is 13.8. The molecule has 21 heavy (non-hydrogen) atoms. The Morgan fingerprint density at radius 1 is 1.19 bits per heavy atom. The number of aliphatic hydroxyl groups is 1. The van der Waals surface area contributed by atoms with E-state index in [0.29, 0.717) is 38.2 Å². The molecule has 0 amide bonds. The van der Waals surface area contributed by atoms with Crippen LogP contribution in [0, 0.1) is 54.7 Å². The molecule has 0 bridgehead atoms. The zero-order valence-electron chi connectivity index (χ0n) is 11.2. The molecule has 3 nitrogen and oxygen atoms in total. The van der Waals surface area contributed by atoms with Crippen molar-refractivity contribution in [2.24, 2.45) is 0 Å². The summed E-state index contributed by atoms with van der Waals surface area (Å²) >= 11 is 0. The maximum Gasteiger partial charge on any atom is 0.168 e. The van der Waals surface area contributed by atoms with E-state index in [4.69, 9.17) is 0 Å². The smallest absolute Gasteiger partial charge is 0.168 e. The Morgan fingerprint density at radius 3 is 2.62 bits per heavy atom. The van der Waals surface area contributed by atoms with Crippen molar-refractivity contribution in [3.8, 4) is 0 Å². The van der Waals surface area contributed by atoms with Crippen LogP contribution in [0.3, 0.4) is 0 Å². The second kappa shape index (κ2) is 6.74. The Morgan fingerprint density at radius 2 is 1.95 bits per heavy atom. The van der Waals surface area contributed by atoms with E-state index in [1.807, 2.05) is 4.90 Å². The van der Waals surface area contributed by atoms with Crippen LogP contribution in [0.2, 0.25) is 0 Å². The standard InChI is InChI=1S/C14H14F3N2O.U/c15-11-7-12(16)14-10(13(11)17)2-4-19(14)6-5-18-3-1-9(20)8-18;/h2,4,7,20H,1,3,5-6,8H2;/q-1;. The van der Waals surface area contributed by atoms with Crippen LogP contribution in [-0.4, -0.2) is 34.2 Å². The van der Waals surface area contributed by atoms with E-state index < -0.39 is 17.5 Å². The van der Waals surface area contributed by atoms with E-state index in [-0.39, 0.29) is 42.0 Å². The molecular formula is C14H14F3N2OU-. The predicted molar refractivity (Wildman–Crippen MR) is 68.0 cm³/mol. The molecule has 1 aromatic heterocycles. The number of rotatable bonds is 3. The molecule has 1 aliphatic rings. The number of nitrogens with zero attached hydrogens (tertiary/aromatic N) is 2. The van der Waals surface area contributed by atoms with E-state index >= 15 is 0 Å². The van der Waals surface area contributed by atoms with Crippen LogP contribution in [0.5, 0.6) is 0 Å². The predicted octanol–water partition coefficient (Wildman–Crippen LogP) is 2.67. The molecule has 112 valence electrons. The van der Waals surface area contributed by atoms with Crippen LogP contribution in [0.1, 0.15) is 6.42 Å². The minimum absolute atomic E-state index is 0. The van der Waals surface area contributed by atoms with Gasteiger partial charge in [-0.2, -0.15) is 6.10 Å². The Balaban J connectivity index is 0.00000161. The van der Waals surface area contributed by atoms with Gasteiger partial charge >= 0.3 is 0 Å². The van der Waals surface area contributed by atoms with Gasteiger partial charge in [-0.05, 0) is 12.6 Å². The summed E-state index contributed by atoms with van der Waals surface area (Å²) in [5, 5.41) is 9.31. The van der Waals surface area contributed by atoms with Gasteiger partial charge in [-0.3, -0.25) is 0 Å². The molecule has 0 saturated carbocycles. The number of hydrogen-bond acceptors (Lipinski definition) is 2. The van der Waals surface area contributed by atoms with Gasteiger partial charge in [0.2, 0.25) is 0 Å². The van der Waals surface area contributed by atoms with Crippen molar-refractivity contribution < 1.29 is 49.4 Å². The molecule has 2 heterocycles. The Bertz CT molecular complexity index is 647. The van der Waals surface area contributed by atoms with Crippen molar-refractivity contribution in [2.75, 3.05) is 19.6 Å². The van der Waals surface area contributed by atoms with Crippen LogP contribution in [0.25, 0.3) is 10.9 Å². The number of hydrogen-bond donors (Lipinski definition) is 1. The third kappa shape index (κ3) is 3.31. The summed E-state index contributed by atoms with van der Waals surface area (Å²) in [6, 6.07) is 1.95. The third-order valence-corrected chi connectivity index (χ3v) is 3.67. The Labute approximate surface area is 144 Å². The number of aliphatic hydroxyl groups excluding tert-OH is 1. The Hall–Kier alpha value is -0.478. The molecule has 1 aromatic carbocycles. The first kappa shape index (κ1) is 16.9. The molecule has 3 rings (SSSR count). The van der Waals surface area contributed by atoms with Crippen LogP contribution >= 0.6 is 0 Å². The van der Waals surface area contributed by atoms with Crippen LogP contribution in [0.15, 0.2) is 18.3 Å². The molecule has 1 saturated heterocycles. The van der Waals surface area contributed by atoms with Gasteiger partial charge in [0.05, 0.1) is 5.52 Å². The first-order chi connectivity index (χ1) is 9.56. The third-order valence-electron chi connectivity index (χ3n) is 3.67. The Kier molecular flexibility index (Phi) is 5.42. The van der Waals surface area contributed by atoms with E-state index in [9.17, 15) is 18.3 Å². The fourth-order valence-electron chi connectivity index (χ4n) is 2.62. The van der Waals surface area contributed by atoms with Gasteiger partial charge in [0.15, 0.2) is 17.5 Å². The topological polar surface area (TPSA) is 28.4 Å². The van der Waals surface area contributed by atoms with Crippen LogP contribution in [0.4, 0.5) is 13.2 Å². The zero-order chi connectivity index (χ0) is 14.3. The largest absolute Gasteiger partial charge is 0.562 e. The minimum Gasteiger partial charge on any atom is -0.562 e. The van der Waals surface area contributed by atoms with Gasteiger partial charge in [0.1, 0.15) is 0 Å². The summed E-state index contributed by atoms with van der Waals surface area (Å²) < 4.78 is 42.1. The number of likely N-dealkylation sites (tertiary alicyclic amines) is 1.